The molecule has 0 fully saturated rings. The van der Waals surface area contributed by atoms with Crippen LogP contribution in [0.3, 0.4) is 0 Å². The van der Waals surface area contributed by atoms with E-state index in [1.165, 1.54) is 0 Å². The van der Waals surface area contributed by atoms with Crippen LogP contribution >= 0.6 is 0 Å². The van der Waals surface area contributed by atoms with Gasteiger partial charge < -0.3 is 0 Å². The molecule has 76 valence electrons. The van der Waals surface area contributed by atoms with Crippen molar-refractivity contribution in [3.63, 3.8) is 0 Å². The van der Waals surface area contributed by atoms with E-state index < -0.39 is 5.41 Å². The molecule has 0 radical (unpaired) electrons. The number of nitrogens with one attached hydrogen (secondary N) is 1. The minimum Gasteiger partial charge on any atom is -0.250 e. The number of nitrogens with zero attached hydrogens (tertiary/aromatic N) is 4. The molecule has 0 saturated carbocycles. The molecule has 1 atom stereocenters. The predicted octanol–water partition coefficient (Wildman–Crippen LogP) is 0.308. The van der Waals surface area contributed by atoms with E-state index in [1.54, 1.807) is 25.2 Å². The zero-order valence-corrected chi connectivity index (χ0v) is 8.65. The van der Waals surface area contributed by atoms with Gasteiger partial charge in [-0.05, 0) is 6.42 Å². The van der Waals surface area contributed by atoms with Gasteiger partial charge in [-0.3, -0.25) is 5.01 Å². The van der Waals surface area contributed by atoms with Crippen LogP contribution in [0.4, 0.5) is 0 Å². The third-order valence-electron chi connectivity index (χ3n) is 2.39. The monoisotopic (exact) mass is 201 g/mol. The van der Waals surface area contributed by atoms with Gasteiger partial charge in [-0.1, -0.05) is 6.08 Å². The SMILES string of the molecule is CN(C)NC1CC=C(C#N)C1(C#N)C#N. The van der Waals surface area contributed by atoms with Crippen molar-refractivity contribution in [2.45, 2.75) is 12.5 Å². The molecule has 15 heavy (non-hydrogen) atoms. The van der Waals surface area contributed by atoms with Crippen molar-refractivity contribution >= 4 is 0 Å². The van der Waals surface area contributed by atoms with Crippen molar-refractivity contribution in [1.29, 1.82) is 15.8 Å². The lowest BCUT2D eigenvalue weighted by Crippen LogP contribution is -2.47. The van der Waals surface area contributed by atoms with E-state index >= 15 is 0 Å². The molecule has 1 N–H and O–H groups in total. The first kappa shape index (κ1) is 11.2. The maximum absolute atomic E-state index is 9.08. The van der Waals surface area contributed by atoms with Crippen molar-refractivity contribution in [2.24, 2.45) is 5.41 Å². The molecule has 0 heterocycles. The summed E-state index contributed by atoms with van der Waals surface area (Å²) in [6, 6.07) is 5.45. The molecule has 0 bridgehead atoms. The van der Waals surface area contributed by atoms with Crippen LogP contribution in [0.1, 0.15) is 6.42 Å². The minimum atomic E-state index is -1.35. The Morgan fingerprint density at radius 1 is 1.40 bits per heavy atom. The number of nitriles is 3. The molecule has 1 aliphatic rings. The molecule has 1 rings (SSSR count). The lowest BCUT2D eigenvalue weighted by molar-refractivity contribution is 0.213. The molecule has 5 heteroatoms. The summed E-state index contributed by atoms with van der Waals surface area (Å²) in [6.07, 6.45) is 2.16. The van der Waals surface area contributed by atoms with E-state index in [9.17, 15) is 0 Å². The molecule has 0 spiro atoms. The highest BCUT2D eigenvalue weighted by Gasteiger charge is 2.47. The largest absolute Gasteiger partial charge is 0.250 e. The quantitative estimate of drug-likeness (QED) is 0.649. The zero-order chi connectivity index (χ0) is 11.5. The molecular weight excluding hydrogens is 190 g/mol. The fraction of sp³-hybridized carbons (Fsp3) is 0.500. The van der Waals surface area contributed by atoms with Crippen molar-refractivity contribution in [3.05, 3.63) is 11.6 Å². The molecule has 5 nitrogen and oxygen atoms in total. The van der Waals surface area contributed by atoms with Gasteiger partial charge in [0.15, 0.2) is 5.41 Å². The summed E-state index contributed by atoms with van der Waals surface area (Å²) in [5.74, 6) is 0. The Labute approximate surface area is 88.8 Å². The van der Waals surface area contributed by atoms with Crippen LogP contribution in [-0.2, 0) is 0 Å². The molecule has 0 aliphatic heterocycles. The maximum Gasteiger partial charge on any atom is 0.194 e. The van der Waals surface area contributed by atoms with Crippen molar-refractivity contribution in [1.82, 2.24) is 10.4 Å². The molecular formula is C10H11N5. The predicted molar refractivity (Wildman–Crippen MR) is 52.6 cm³/mol. The van der Waals surface area contributed by atoms with Gasteiger partial charge >= 0.3 is 0 Å². The summed E-state index contributed by atoms with van der Waals surface area (Å²) in [4.78, 5) is 0. The summed E-state index contributed by atoms with van der Waals surface area (Å²) in [6.45, 7) is 0. The van der Waals surface area contributed by atoms with E-state index in [1.807, 2.05) is 18.2 Å². The molecule has 1 unspecified atom stereocenters. The third kappa shape index (κ3) is 1.69. The maximum atomic E-state index is 9.08. The lowest BCUT2D eigenvalue weighted by Gasteiger charge is -2.26. The first-order valence-electron chi connectivity index (χ1n) is 4.47. The first-order chi connectivity index (χ1) is 7.10. The minimum absolute atomic E-state index is 0.242. The highest BCUT2D eigenvalue weighted by Crippen LogP contribution is 2.37. The molecule has 1 aliphatic carbocycles. The van der Waals surface area contributed by atoms with Gasteiger partial charge in [0.1, 0.15) is 0 Å². The van der Waals surface area contributed by atoms with Crippen LogP contribution in [0.25, 0.3) is 0 Å². The number of hydrazine groups is 1. The summed E-state index contributed by atoms with van der Waals surface area (Å²) in [7, 11) is 3.56. The second kappa shape index (κ2) is 4.11. The summed E-state index contributed by atoms with van der Waals surface area (Å²) >= 11 is 0. The van der Waals surface area contributed by atoms with Gasteiger partial charge in [-0.25, -0.2) is 5.43 Å². The highest BCUT2D eigenvalue weighted by molar-refractivity contribution is 5.47. The zero-order valence-electron chi connectivity index (χ0n) is 8.65. The van der Waals surface area contributed by atoms with Crippen LogP contribution in [0.15, 0.2) is 11.6 Å². The summed E-state index contributed by atoms with van der Waals surface area (Å²) in [5, 5.41) is 28.7. The summed E-state index contributed by atoms with van der Waals surface area (Å²) in [5.41, 5.74) is 1.88. The Morgan fingerprint density at radius 2 is 2.00 bits per heavy atom. The van der Waals surface area contributed by atoms with Crippen molar-refractivity contribution in [3.8, 4) is 18.2 Å². The molecule has 0 aromatic rings. The van der Waals surface area contributed by atoms with Crippen LogP contribution in [-0.4, -0.2) is 25.1 Å². The first-order valence-corrected chi connectivity index (χ1v) is 4.47. The second-order valence-corrected chi connectivity index (χ2v) is 3.57. The average molecular weight is 201 g/mol. The fourth-order valence-corrected chi connectivity index (χ4v) is 1.66. The topological polar surface area (TPSA) is 86.6 Å². The van der Waals surface area contributed by atoms with Crippen LogP contribution in [0.5, 0.6) is 0 Å². The van der Waals surface area contributed by atoms with Gasteiger partial charge in [-0.15, -0.1) is 0 Å². The van der Waals surface area contributed by atoms with E-state index in [4.69, 9.17) is 15.8 Å². The third-order valence-corrected chi connectivity index (χ3v) is 2.39. The molecule has 0 aromatic carbocycles. The Balaban J connectivity index is 3.05. The normalized spacial score (nSPS) is 22.7. The van der Waals surface area contributed by atoms with Crippen molar-refractivity contribution < 1.29 is 0 Å². The van der Waals surface area contributed by atoms with Crippen LogP contribution in [0.2, 0.25) is 0 Å². The average Bonchev–Trinajstić information content (AvgIpc) is 2.55. The van der Waals surface area contributed by atoms with E-state index in [0.717, 1.165) is 0 Å². The smallest absolute Gasteiger partial charge is 0.194 e. The van der Waals surface area contributed by atoms with E-state index in [0.29, 0.717) is 6.42 Å². The van der Waals surface area contributed by atoms with Gasteiger partial charge in [-0.2, -0.15) is 15.8 Å². The Morgan fingerprint density at radius 3 is 2.40 bits per heavy atom. The molecule has 0 amide bonds. The Hall–Kier alpha value is -1.87. The van der Waals surface area contributed by atoms with Crippen LogP contribution < -0.4 is 5.43 Å². The second-order valence-electron chi connectivity index (χ2n) is 3.57. The molecule has 0 saturated heterocycles. The fourth-order valence-electron chi connectivity index (χ4n) is 1.66. The molecule has 0 aromatic heterocycles. The van der Waals surface area contributed by atoms with Gasteiger partial charge in [0.25, 0.3) is 0 Å². The van der Waals surface area contributed by atoms with Gasteiger partial charge in [0.2, 0.25) is 0 Å². The van der Waals surface area contributed by atoms with E-state index in [2.05, 4.69) is 5.43 Å². The van der Waals surface area contributed by atoms with Gasteiger partial charge in [0, 0.05) is 14.1 Å². The Kier molecular flexibility index (Phi) is 3.07. The van der Waals surface area contributed by atoms with Crippen LogP contribution in [0, 0.1) is 39.4 Å². The number of hydrogen-bond acceptors (Lipinski definition) is 5. The Bertz CT molecular complexity index is 387. The summed E-state index contributed by atoms with van der Waals surface area (Å²) < 4.78 is 0. The number of hydrogen-bond donors (Lipinski definition) is 1. The van der Waals surface area contributed by atoms with Gasteiger partial charge in [0.05, 0.1) is 29.8 Å². The standard InChI is InChI=1S/C10H11N5/c1-15(2)14-9-4-3-8(5-11)10(9,6-12)7-13/h3,9,14H,4H2,1-2H3. The van der Waals surface area contributed by atoms with Crippen molar-refractivity contribution in [2.75, 3.05) is 14.1 Å². The highest BCUT2D eigenvalue weighted by atomic mass is 15.5. The lowest BCUT2D eigenvalue weighted by atomic mass is 9.81. The van der Waals surface area contributed by atoms with E-state index in [-0.39, 0.29) is 11.6 Å². The number of rotatable bonds is 2.